The molecular weight excluding hydrogens is 340 g/mol. The molecule has 1 fully saturated rings. The summed E-state index contributed by atoms with van der Waals surface area (Å²) in [5, 5.41) is 4.71. The quantitative estimate of drug-likeness (QED) is 0.689. The number of fused-ring (bicyclic) bond motifs is 1. The van der Waals surface area contributed by atoms with Gasteiger partial charge in [0.25, 0.3) is 5.91 Å². The summed E-state index contributed by atoms with van der Waals surface area (Å²) in [6.07, 6.45) is 4.76. The highest BCUT2D eigenvalue weighted by atomic mass is 16.5. The second-order valence-corrected chi connectivity index (χ2v) is 7.57. The molecule has 0 bridgehead atoms. The number of morpholine rings is 1. The summed E-state index contributed by atoms with van der Waals surface area (Å²) >= 11 is 0. The van der Waals surface area contributed by atoms with Crippen molar-refractivity contribution in [3.63, 3.8) is 0 Å². The van der Waals surface area contributed by atoms with Crippen LogP contribution in [0.1, 0.15) is 42.0 Å². The van der Waals surface area contributed by atoms with Crippen molar-refractivity contribution in [1.29, 1.82) is 0 Å². The summed E-state index contributed by atoms with van der Waals surface area (Å²) in [5.41, 5.74) is 4.14. The highest BCUT2D eigenvalue weighted by Gasteiger charge is 2.33. The largest absolute Gasteiger partial charge is 0.378 e. The third kappa shape index (κ3) is 4.33. The van der Waals surface area contributed by atoms with Gasteiger partial charge in [0.15, 0.2) is 5.69 Å². The van der Waals surface area contributed by atoms with Crippen molar-refractivity contribution in [2.24, 2.45) is 0 Å². The van der Waals surface area contributed by atoms with Crippen LogP contribution in [0.4, 0.5) is 0 Å². The molecular formula is C21H32N4O2. The minimum absolute atomic E-state index is 0.0426. The van der Waals surface area contributed by atoms with E-state index in [1.807, 2.05) is 15.7 Å². The van der Waals surface area contributed by atoms with Gasteiger partial charge in [0.2, 0.25) is 0 Å². The average Bonchev–Trinajstić information content (AvgIpc) is 3.04. The van der Waals surface area contributed by atoms with Crippen molar-refractivity contribution >= 4 is 5.91 Å². The van der Waals surface area contributed by atoms with E-state index in [1.165, 1.54) is 11.3 Å². The van der Waals surface area contributed by atoms with E-state index >= 15 is 0 Å². The van der Waals surface area contributed by atoms with Crippen molar-refractivity contribution in [1.82, 2.24) is 19.6 Å². The van der Waals surface area contributed by atoms with E-state index in [-0.39, 0.29) is 5.91 Å². The standard InChI is InChI=1S/C21H32N4O2/c1-5-9-25-19-8-7-17(23(6-2)15-16(3)4)14-18(19)20(22-25)21(26)24-10-12-27-13-11-24/h5,17H,1,3,6-15H2,2,4H3. The van der Waals surface area contributed by atoms with Gasteiger partial charge < -0.3 is 9.64 Å². The number of hydrogen-bond acceptors (Lipinski definition) is 4. The molecule has 27 heavy (non-hydrogen) atoms. The summed E-state index contributed by atoms with van der Waals surface area (Å²) in [7, 11) is 0. The molecule has 1 aliphatic heterocycles. The lowest BCUT2D eigenvalue weighted by Crippen LogP contribution is -2.42. The summed E-state index contributed by atoms with van der Waals surface area (Å²) in [4.78, 5) is 17.5. The molecule has 3 rings (SSSR count). The van der Waals surface area contributed by atoms with Crippen molar-refractivity contribution < 1.29 is 9.53 Å². The molecule has 0 N–H and O–H groups in total. The van der Waals surface area contributed by atoms with Gasteiger partial charge in [-0.1, -0.05) is 25.2 Å². The van der Waals surface area contributed by atoms with Crippen LogP contribution in [0.2, 0.25) is 0 Å². The Balaban J connectivity index is 1.88. The lowest BCUT2D eigenvalue weighted by atomic mass is 9.89. The van der Waals surface area contributed by atoms with Crippen LogP contribution in [0.5, 0.6) is 0 Å². The van der Waals surface area contributed by atoms with Crippen LogP contribution < -0.4 is 0 Å². The van der Waals surface area contributed by atoms with Gasteiger partial charge in [-0.25, -0.2) is 0 Å². The van der Waals surface area contributed by atoms with Crippen molar-refractivity contribution in [3.8, 4) is 0 Å². The van der Waals surface area contributed by atoms with E-state index < -0.39 is 0 Å². The first-order valence-corrected chi connectivity index (χ1v) is 10.00. The number of ether oxygens (including phenoxy) is 1. The molecule has 1 atom stereocenters. The Kier molecular flexibility index (Phi) is 6.50. The molecule has 1 unspecified atom stereocenters. The molecule has 1 aliphatic carbocycles. The van der Waals surface area contributed by atoms with Gasteiger partial charge in [0.1, 0.15) is 0 Å². The fourth-order valence-corrected chi connectivity index (χ4v) is 4.19. The lowest BCUT2D eigenvalue weighted by Gasteiger charge is -2.34. The molecule has 0 saturated carbocycles. The molecule has 2 heterocycles. The van der Waals surface area contributed by atoms with Gasteiger partial charge in [0.05, 0.1) is 19.8 Å². The van der Waals surface area contributed by atoms with E-state index in [9.17, 15) is 4.79 Å². The van der Waals surface area contributed by atoms with Crippen LogP contribution in [0.15, 0.2) is 24.8 Å². The molecule has 6 heteroatoms. The number of carbonyl (C=O) groups excluding carboxylic acids is 1. The summed E-state index contributed by atoms with van der Waals surface area (Å²) < 4.78 is 7.37. The Bertz CT molecular complexity index is 703. The van der Waals surface area contributed by atoms with Gasteiger partial charge in [-0.2, -0.15) is 5.10 Å². The highest BCUT2D eigenvalue weighted by molar-refractivity contribution is 5.94. The Hall–Kier alpha value is -1.92. The average molecular weight is 373 g/mol. The second kappa shape index (κ2) is 8.85. The minimum Gasteiger partial charge on any atom is -0.378 e. The predicted octanol–water partition coefficient (Wildman–Crippen LogP) is 2.30. The molecule has 2 aliphatic rings. The Morgan fingerprint density at radius 1 is 1.41 bits per heavy atom. The van der Waals surface area contributed by atoms with Gasteiger partial charge in [-0.3, -0.25) is 14.4 Å². The molecule has 6 nitrogen and oxygen atoms in total. The molecule has 148 valence electrons. The van der Waals surface area contributed by atoms with E-state index in [1.54, 1.807) is 0 Å². The van der Waals surface area contributed by atoms with Crippen LogP contribution in [0.3, 0.4) is 0 Å². The number of allylic oxidation sites excluding steroid dienone is 1. The predicted molar refractivity (Wildman–Crippen MR) is 107 cm³/mol. The fraction of sp³-hybridized carbons (Fsp3) is 0.619. The zero-order valence-corrected chi connectivity index (χ0v) is 16.7. The van der Waals surface area contributed by atoms with Crippen LogP contribution in [-0.4, -0.2) is 70.9 Å². The second-order valence-electron chi connectivity index (χ2n) is 7.57. The van der Waals surface area contributed by atoms with Crippen molar-refractivity contribution in [3.05, 3.63) is 41.8 Å². The third-order valence-corrected chi connectivity index (χ3v) is 5.52. The highest BCUT2D eigenvalue weighted by Crippen LogP contribution is 2.29. The Labute approximate surface area is 162 Å². The first-order chi connectivity index (χ1) is 13.0. The third-order valence-electron chi connectivity index (χ3n) is 5.52. The molecule has 1 aromatic heterocycles. The van der Waals surface area contributed by atoms with Gasteiger partial charge in [-0.05, 0) is 32.7 Å². The van der Waals surface area contributed by atoms with Gasteiger partial charge in [-0.15, -0.1) is 6.58 Å². The van der Waals surface area contributed by atoms with Crippen LogP contribution >= 0.6 is 0 Å². The van der Waals surface area contributed by atoms with Crippen LogP contribution in [0.25, 0.3) is 0 Å². The fourth-order valence-electron chi connectivity index (χ4n) is 4.19. The van der Waals surface area contributed by atoms with E-state index in [0.29, 0.717) is 44.6 Å². The number of hydrogen-bond donors (Lipinski definition) is 0. The number of aromatic nitrogens is 2. The van der Waals surface area contributed by atoms with Crippen molar-refractivity contribution in [2.45, 2.75) is 45.7 Å². The topological polar surface area (TPSA) is 50.6 Å². The molecule has 1 aromatic rings. The number of likely N-dealkylation sites (N-methyl/N-ethyl adjacent to an activating group) is 1. The number of nitrogens with zero attached hydrogens (tertiary/aromatic N) is 4. The number of carbonyl (C=O) groups is 1. The van der Waals surface area contributed by atoms with Gasteiger partial charge in [0, 0.05) is 36.9 Å². The normalized spacial score (nSPS) is 19.8. The summed E-state index contributed by atoms with van der Waals surface area (Å²) in [5.74, 6) is 0.0426. The SMILES string of the molecule is C=CCn1nc(C(=O)N2CCOCC2)c2c1CCC(N(CC)CC(=C)C)C2. The van der Waals surface area contributed by atoms with Crippen LogP contribution in [0, 0.1) is 0 Å². The smallest absolute Gasteiger partial charge is 0.274 e. The summed E-state index contributed by atoms with van der Waals surface area (Å²) in [6, 6.07) is 0.428. The maximum Gasteiger partial charge on any atom is 0.274 e. The molecule has 0 spiro atoms. The molecule has 1 amide bonds. The first kappa shape index (κ1) is 19.8. The first-order valence-electron chi connectivity index (χ1n) is 10.00. The molecule has 1 saturated heterocycles. The number of amides is 1. The Morgan fingerprint density at radius 2 is 2.15 bits per heavy atom. The zero-order chi connectivity index (χ0) is 19.4. The zero-order valence-electron chi connectivity index (χ0n) is 16.7. The Morgan fingerprint density at radius 3 is 2.78 bits per heavy atom. The van der Waals surface area contributed by atoms with Crippen molar-refractivity contribution in [2.75, 3.05) is 39.4 Å². The van der Waals surface area contributed by atoms with E-state index in [0.717, 1.165) is 37.9 Å². The van der Waals surface area contributed by atoms with Crippen LogP contribution in [-0.2, 0) is 24.1 Å². The minimum atomic E-state index is 0.0426. The molecule has 0 radical (unpaired) electrons. The summed E-state index contributed by atoms with van der Waals surface area (Å²) in [6.45, 7) is 17.2. The molecule has 0 aromatic carbocycles. The van der Waals surface area contributed by atoms with Gasteiger partial charge >= 0.3 is 0 Å². The van der Waals surface area contributed by atoms with E-state index in [2.05, 4.69) is 31.9 Å². The maximum atomic E-state index is 13.2. The lowest BCUT2D eigenvalue weighted by molar-refractivity contribution is 0.0297. The van der Waals surface area contributed by atoms with E-state index in [4.69, 9.17) is 9.84 Å². The monoisotopic (exact) mass is 372 g/mol. The number of rotatable bonds is 7. The maximum absolute atomic E-state index is 13.2.